The standard InChI is InChI=1S/C69H75F2N15O13/c1-36-62(92)79-55(25-42-33-74-51-16-10-44(70)28-49(42)51)66(96)80-56(26-43-34-75-52-17-11-45(71)29-50(43)52)65(95)78-53(31-60(89)90)59(88)27-41(22-40-18-20-73-32-40)63(93)81-58(24-39-8-14-48(99-4)15-9-39)67(97)85-21-5-19-69(85,3)68(98)82-54(61(72)91)23-38-6-12-47(13-7-38)86-35-46(83-84-86)30-57(64(94)76-36)77-37(2)87/h6-17,20,28-29,32-36,41,53-58,74-75H,5,18-19,21-27,30-31H2,1-4H3,(H2,72,91)(H,76,94)(H,77,87)(H,78,95)(H,79,92)(H,80,96)(H,81,93)(H,82,98)(H,89,90)/t36-,41-,53+,54+,55+,56+,57-,58+,69+/m1/s1. The van der Waals surface area contributed by atoms with Gasteiger partial charge in [-0.15, -0.1) is 5.10 Å². The number of halogens is 2. The monoisotopic (exact) mass is 1360 g/mol. The molecule has 28 nitrogen and oxygen atoms in total. The molecule has 0 aliphatic carbocycles. The number of fused-ring (bicyclic) bond motifs is 27. The number of carbonyl (C=O) groups excluding carboxylic acids is 10. The molecule has 11 rings (SSSR count). The van der Waals surface area contributed by atoms with Gasteiger partial charge in [0.15, 0.2) is 5.78 Å². The molecule has 7 heterocycles. The number of ether oxygens (including phenoxy) is 1. The van der Waals surface area contributed by atoms with Gasteiger partial charge in [-0.3, -0.25) is 57.7 Å². The molecule has 99 heavy (non-hydrogen) atoms. The van der Waals surface area contributed by atoms with Crippen molar-refractivity contribution in [1.82, 2.24) is 67.1 Å². The molecule has 9 amide bonds. The number of aromatic amines is 2. The molecule has 1 saturated heterocycles. The van der Waals surface area contributed by atoms with E-state index < -0.39 is 150 Å². The van der Waals surface area contributed by atoms with Gasteiger partial charge in [-0.1, -0.05) is 29.5 Å². The number of ketones is 1. The molecule has 12 N–H and O–H groups in total. The number of rotatable bonds is 13. The van der Waals surface area contributed by atoms with Crippen LogP contribution in [-0.2, 0) is 84.8 Å². The Morgan fingerprint density at radius 2 is 1.33 bits per heavy atom. The van der Waals surface area contributed by atoms with Crippen LogP contribution in [0.4, 0.5) is 8.78 Å². The lowest BCUT2D eigenvalue weighted by Crippen LogP contribution is -2.62. The van der Waals surface area contributed by atoms with Crippen LogP contribution in [0.5, 0.6) is 5.75 Å². The molecule has 0 unspecified atom stereocenters. The minimum absolute atomic E-state index is 0.0344. The number of methoxy groups -OCH3 is 1. The quantitative estimate of drug-likeness (QED) is 0.0739. The summed E-state index contributed by atoms with van der Waals surface area (Å²) in [7, 11) is 1.47. The number of aliphatic carboxylic acids is 1. The second-order valence-corrected chi connectivity index (χ2v) is 25.2. The summed E-state index contributed by atoms with van der Waals surface area (Å²) in [5.74, 6) is -12.5. The van der Waals surface area contributed by atoms with Crippen molar-refractivity contribution in [2.24, 2.45) is 16.6 Å². The van der Waals surface area contributed by atoms with Crippen molar-refractivity contribution in [2.75, 3.05) is 13.7 Å². The van der Waals surface area contributed by atoms with E-state index in [9.17, 15) is 47.4 Å². The average Bonchev–Trinajstić information content (AvgIpc) is 1.71. The molecule has 518 valence electrons. The Kier molecular flexibility index (Phi) is 21.8. The maximum Gasteiger partial charge on any atom is 0.305 e. The third-order valence-corrected chi connectivity index (χ3v) is 18.0. The number of amides is 9. The largest absolute Gasteiger partial charge is 0.497 e. The van der Waals surface area contributed by atoms with Gasteiger partial charge in [-0.25, -0.2) is 13.5 Å². The van der Waals surface area contributed by atoms with Gasteiger partial charge >= 0.3 is 5.97 Å². The summed E-state index contributed by atoms with van der Waals surface area (Å²) in [6.45, 7) is 4.03. The number of primary amides is 1. The number of nitrogens with one attached hydrogen (secondary N) is 9. The number of hydrogen-bond donors (Lipinski definition) is 11. The molecule has 3 aromatic heterocycles. The van der Waals surface area contributed by atoms with Gasteiger partial charge in [0, 0.05) is 111 Å². The Hall–Kier alpha value is -11.5. The van der Waals surface area contributed by atoms with E-state index in [1.165, 1.54) is 98.7 Å². The van der Waals surface area contributed by atoms with Crippen molar-refractivity contribution in [3.8, 4) is 11.4 Å². The van der Waals surface area contributed by atoms with Gasteiger partial charge in [0.05, 0.1) is 37.2 Å². The van der Waals surface area contributed by atoms with Crippen LogP contribution < -0.4 is 47.7 Å². The Bertz CT molecular complexity index is 4340. The van der Waals surface area contributed by atoms with Crippen LogP contribution in [0.2, 0.25) is 0 Å². The summed E-state index contributed by atoms with van der Waals surface area (Å²) < 4.78 is 36.6. The molecular formula is C69H75F2N15O13. The van der Waals surface area contributed by atoms with Gasteiger partial charge in [-0.05, 0) is 122 Å². The summed E-state index contributed by atoms with van der Waals surface area (Å²) in [5.41, 5.74) is 8.08. The zero-order chi connectivity index (χ0) is 70.8. The topological polar surface area (TPSA) is 405 Å². The Labute approximate surface area is 565 Å². The second-order valence-electron chi connectivity index (χ2n) is 25.2. The smallest absolute Gasteiger partial charge is 0.305 e. The first-order valence-corrected chi connectivity index (χ1v) is 32.1. The number of H-pyrrole nitrogens is 2. The molecule has 0 radical (unpaired) electrons. The van der Waals surface area contributed by atoms with Crippen LogP contribution in [0.1, 0.15) is 87.2 Å². The number of nitrogens with zero attached hydrogens (tertiary/aromatic N) is 5. The Balaban J connectivity index is 1.03. The Morgan fingerprint density at radius 1 is 0.717 bits per heavy atom. The molecule has 30 heteroatoms. The number of aromatic nitrogens is 5. The van der Waals surface area contributed by atoms with E-state index in [2.05, 4.69) is 62.5 Å². The van der Waals surface area contributed by atoms with Gasteiger partial charge < -0.3 is 67.7 Å². The minimum Gasteiger partial charge on any atom is -0.497 e. The summed E-state index contributed by atoms with van der Waals surface area (Å²) >= 11 is 0. The number of carbonyl (C=O) groups is 11. The highest BCUT2D eigenvalue weighted by Crippen LogP contribution is 2.32. The minimum atomic E-state index is -1.92. The number of nitrogens with two attached hydrogens (primary N) is 1. The molecule has 7 aromatic rings. The summed E-state index contributed by atoms with van der Waals surface area (Å²) in [4.78, 5) is 169. The van der Waals surface area contributed by atoms with Crippen LogP contribution in [0.25, 0.3) is 27.5 Å². The third kappa shape index (κ3) is 17.2. The van der Waals surface area contributed by atoms with E-state index in [1.807, 2.05) is 0 Å². The third-order valence-electron chi connectivity index (χ3n) is 18.0. The van der Waals surface area contributed by atoms with Crippen LogP contribution in [0, 0.1) is 17.6 Å². The lowest BCUT2D eigenvalue weighted by molar-refractivity contribution is -0.147. The molecule has 0 saturated carbocycles. The number of allylic oxidation sites excluding steroid dienone is 1. The number of carboxylic acid groups (broad SMARTS) is 1. The second kappa shape index (κ2) is 30.7. The molecular weight excluding hydrogens is 1280 g/mol. The maximum atomic E-state index is 15.3. The van der Waals surface area contributed by atoms with Gasteiger partial charge in [0.25, 0.3) is 0 Å². The molecule has 9 atom stereocenters. The first kappa shape index (κ1) is 70.3. The fraction of sp³-hybridized carbons (Fsp3) is 0.362. The Morgan fingerprint density at radius 3 is 1.92 bits per heavy atom. The molecule has 4 bridgehead atoms. The number of hydrogen-bond acceptors (Lipinski definition) is 15. The van der Waals surface area contributed by atoms with Crippen molar-refractivity contribution in [1.29, 1.82) is 0 Å². The number of carboxylic acids is 1. The van der Waals surface area contributed by atoms with E-state index in [-0.39, 0.29) is 68.1 Å². The fourth-order valence-corrected chi connectivity index (χ4v) is 12.6. The van der Waals surface area contributed by atoms with Crippen LogP contribution >= 0.6 is 0 Å². The van der Waals surface area contributed by atoms with Gasteiger partial charge in [0.2, 0.25) is 53.2 Å². The lowest BCUT2D eigenvalue weighted by atomic mass is 9.89. The molecule has 4 aliphatic rings. The molecule has 4 aliphatic heterocycles. The van der Waals surface area contributed by atoms with E-state index in [1.54, 1.807) is 54.7 Å². The SMILES string of the molecule is COc1ccc(C[C@@H]2NC(=O)[C@H](CC3=CN=CC3)CC(=O)[C@H](CC(=O)O)NC(=O)[C@H](Cc3c[nH]c4ccc(F)cc34)NC(=O)[C@H](Cc3c[nH]c4ccc(F)cc34)NC(=O)[C@@H](C)NC(=O)[C@H](NC(C)=O)Cc3cn(nn3)-c3ccc(cc3)C[C@@H](C(N)=O)NC(=O)[C@]3(C)CCCN3C2=O)cc1. The number of Topliss-reactive ketones (excluding diaryl/α,β-unsaturated/α-hetero) is 1. The van der Waals surface area contributed by atoms with Gasteiger partial charge in [-0.2, -0.15) is 0 Å². The van der Waals surface area contributed by atoms with Crippen molar-refractivity contribution in [3.05, 3.63) is 155 Å². The van der Waals surface area contributed by atoms with Crippen molar-refractivity contribution in [2.45, 2.75) is 139 Å². The van der Waals surface area contributed by atoms with Crippen LogP contribution in [0.3, 0.4) is 0 Å². The van der Waals surface area contributed by atoms with Crippen LogP contribution in [0.15, 0.2) is 120 Å². The van der Waals surface area contributed by atoms with E-state index >= 15 is 19.2 Å². The highest BCUT2D eigenvalue weighted by Gasteiger charge is 2.49. The molecule has 4 aromatic carbocycles. The lowest BCUT2D eigenvalue weighted by Gasteiger charge is -2.37. The average molecular weight is 1360 g/mol. The first-order valence-electron chi connectivity index (χ1n) is 32.1. The maximum absolute atomic E-state index is 15.3. The zero-order valence-electron chi connectivity index (χ0n) is 54.5. The summed E-state index contributed by atoms with van der Waals surface area (Å²) in [6.07, 6.45) is 4.88. The first-order chi connectivity index (χ1) is 47.3. The fourth-order valence-electron chi connectivity index (χ4n) is 12.6. The van der Waals surface area contributed by atoms with E-state index in [4.69, 9.17) is 10.5 Å². The highest BCUT2D eigenvalue weighted by atomic mass is 19.1. The zero-order valence-corrected chi connectivity index (χ0v) is 54.5. The number of aliphatic imine (C=N–C) groups is 1. The normalized spacial score (nSPS) is 23.5. The van der Waals surface area contributed by atoms with Crippen molar-refractivity contribution < 1.29 is 71.4 Å². The summed E-state index contributed by atoms with van der Waals surface area (Å²) in [6, 6.07) is 10.0. The van der Waals surface area contributed by atoms with Crippen molar-refractivity contribution >= 4 is 92.9 Å². The van der Waals surface area contributed by atoms with Gasteiger partial charge in [0.1, 0.15) is 59.2 Å². The molecule has 0 spiro atoms. The molecule has 1 fully saturated rings. The highest BCUT2D eigenvalue weighted by molar-refractivity contribution is 6.01. The number of benzene rings is 4. The predicted octanol–water partition coefficient (Wildman–Crippen LogP) is 2.44. The predicted molar refractivity (Wildman–Crippen MR) is 354 cm³/mol. The van der Waals surface area contributed by atoms with E-state index in [0.717, 1.165) is 0 Å². The summed E-state index contributed by atoms with van der Waals surface area (Å²) in [5, 5.41) is 37.9. The van der Waals surface area contributed by atoms with Crippen molar-refractivity contribution in [3.63, 3.8) is 0 Å². The van der Waals surface area contributed by atoms with E-state index in [0.29, 0.717) is 56.5 Å². The van der Waals surface area contributed by atoms with Crippen LogP contribution in [-0.4, -0.2) is 168 Å².